The first kappa shape index (κ1) is 32.5. The SMILES string of the molecule is COc1cc(/C=C/COC(C)=O)ccc1OC(COC(C)=O)C(OC(C)=O)c1cc(OC)c(OC(C)=O)c(OC)c1. The highest BCUT2D eigenvalue weighted by molar-refractivity contribution is 5.73. The summed E-state index contributed by atoms with van der Waals surface area (Å²) in [5, 5.41) is 0. The van der Waals surface area contributed by atoms with E-state index in [1.54, 1.807) is 30.4 Å². The Hall–Kier alpha value is -4.74. The van der Waals surface area contributed by atoms with Crippen molar-refractivity contribution in [3.63, 3.8) is 0 Å². The van der Waals surface area contributed by atoms with Crippen molar-refractivity contribution in [2.75, 3.05) is 34.5 Å². The van der Waals surface area contributed by atoms with Crippen molar-refractivity contribution in [1.29, 1.82) is 0 Å². The van der Waals surface area contributed by atoms with Gasteiger partial charge in [0, 0.05) is 33.3 Å². The molecular formula is C29H34O12. The van der Waals surface area contributed by atoms with Crippen LogP contribution in [0.25, 0.3) is 6.08 Å². The third-order valence-corrected chi connectivity index (χ3v) is 5.30. The second kappa shape index (κ2) is 15.8. The van der Waals surface area contributed by atoms with Crippen LogP contribution in [0.1, 0.15) is 44.9 Å². The fourth-order valence-electron chi connectivity index (χ4n) is 3.63. The van der Waals surface area contributed by atoms with Gasteiger partial charge in [-0.3, -0.25) is 19.2 Å². The third-order valence-electron chi connectivity index (χ3n) is 5.30. The molecule has 2 aromatic carbocycles. The summed E-state index contributed by atoms with van der Waals surface area (Å²) in [7, 11) is 4.18. The number of benzene rings is 2. The van der Waals surface area contributed by atoms with Gasteiger partial charge in [-0.2, -0.15) is 0 Å². The lowest BCUT2D eigenvalue weighted by Crippen LogP contribution is -2.34. The van der Waals surface area contributed by atoms with E-state index in [2.05, 4.69) is 0 Å². The second-order valence-corrected chi connectivity index (χ2v) is 8.45. The largest absolute Gasteiger partial charge is 0.493 e. The highest BCUT2D eigenvalue weighted by Crippen LogP contribution is 2.42. The van der Waals surface area contributed by atoms with Gasteiger partial charge in [-0.15, -0.1) is 0 Å². The molecule has 12 heteroatoms. The van der Waals surface area contributed by atoms with Crippen LogP contribution in [0.4, 0.5) is 0 Å². The highest BCUT2D eigenvalue weighted by Gasteiger charge is 2.32. The summed E-state index contributed by atoms with van der Waals surface area (Å²) in [5.41, 5.74) is 1.07. The predicted molar refractivity (Wildman–Crippen MR) is 145 cm³/mol. The Balaban J connectivity index is 2.55. The molecule has 0 amide bonds. The number of hydrogen-bond acceptors (Lipinski definition) is 12. The molecule has 0 N–H and O–H groups in total. The first-order valence-electron chi connectivity index (χ1n) is 12.4. The zero-order chi connectivity index (χ0) is 30.5. The van der Waals surface area contributed by atoms with E-state index >= 15 is 0 Å². The van der Waals surface area contributed by atoms with Crippen LogP contribution >= 0.6 is 0 Å². The van der Waals surface area contributed by atoms with Crippen LogP contribution < -0.4 is 23.7 Å². The first-order valence-corrected chi connectivity index (χ1v) is 12.4. The van der Waals surface area contributed by atoms with Gasteiger partial charge in [0.2, 0.25) is 5.75 Å². The maximum Gasteiger partial charge on any atom is 0.308 e. The molecule has 0 aromatic heterocycles. The lowest BCUT2D eigenvalue weighted by molar-refractivity contribution is -0.157. The zero-order valence-corrected chi connectivity index (χ0v) is 24.0. The molecule has 0 saturated heterocycles. The number of carbonyl (C=O) groups is 4. The van der Waals surface area contributed by atoms with Gasteiger partial charge in [0.1, 0.15) is 13.2 Å². The van der Waals surface area contributed by atoms with Gasteiger partial charge in [-0.25, -0.2) is 0 Å². The van der Waals surface area contributed by atoms with Gasteiger partial charge in [0.15, 0.2) is 35.2 Å². The second-order valence-electron chi connectivity index (χ2n) is 8.45. The number of methoxy groups -OCH3 is 3. The van der Waals surface area contributed by atoms with Crippen molar-refractivity contribution >= 4 is 30.0 Å². The Kier molecular flexibility index (Phi) is 12.5. The van der Waals surface area contributed by atoms with Gasteiger partial charge in [-0.05, 0) is 35.9 Å². The Morgan fingerprint density at radius 3 is 1.85 bits per heavy atom. The summed E-state index contributed by atoms with van der Waals surface area (Å²) in [5.74, 6) is -1.35. The number of ether oxygens (including phenoxy) is 8. The average Bonchev–Trinajstić information content (AvgIpc) is 2.92. The smallest absolute Gasteiger partial charge is 0.308 e. The molecule has 0 aliphatic heterocycles. The van der Waals surface area contributed by atoms with Crippen LogP contribution in [0.2, 0.25) is 0 Å². The molecule has 0 spiro atoms. The molecule has 222 valence electrons. The summed E-state index contributed by atoms with van der Waals surface area (Å²) in [6.07, 6.45) is 1.18. The maximum absolute atomic E-state index is 12.2. The highest BCUT2D eigenvalue weighted by atomic mass is 16.6. The molecule has 12 nitrogen and oxygen atoms in total. The van der Waals surface area contributed by atoms with E-state index < -0.39 is 36.1 Å². The topological polar surface area (TPSA) is 142 Å². The Morgan fingerprint density at radius 1 is 0.732 bits per heavy atom. The van der Waals surface area contributed by atoms with Gasteiger partial charge in [0.05, 0.1) is 21.3 Å². The number of rotatable bonds is 14. The van der Waals surface area contributed by atoms with E-state index in [-0.39, 0.29) is 36.2 Å². The van der Waals surface area contributed by atoms with Gasteiger partial charge in [0.25, 0.3) is 0 Å². The normalized spacial score (nSPS) is 12.1. The number of carbonyl (C=O) groups excluding carboxylic acids is 4. The maximum atomic E-state index is 12.2. The van der Waals surface area contributed by atoms with E-state index in [0.29, 0.717) is 11.3 Å². The van der Waals surface area contributed by atoms with Crippen LogP contribution in [0, 0.1) is 0 Å². The van der Waals surface area contributed by atoms with Gasteiger partial charge in [-0.1, -0.05) is 12.1 Å². The molecule has 0 radical (unpaired) electrons. The van der Waals surface area contributed by atoms with E-state index in [1.165, 1.54) is 61.2 Å². The van der Waals surface area contributed by atoms with Crippen molar-refractivity contribution < 1.29 is 57.1 Å². The molecule has 2 aromatic rings. The van der Waals surface area contributed by atoms with E-state index in [9.17, 15) is 19.2 Å². The summed E-state index contributed by atoms with van der Waals surface area (Å²) in [6, 6.07) is 8.02. The first-order chi connectivity index (χ1) is 19.5. The molecule has 2 unspecified atom stereocenters. The van der Waals surface area contributed by atoms with E-state index in [4.69, 9.17) is 37.9 Å². The van der Waals surface area contributed by atoms with Crippen LogP contribution in [-0.4, -0.2) is 64.5 Å². The predicted octanol–water partition coefficient (Wildman–Crippen LogP) is 3.83. The fraction of sp³-hybridized carbons (Fsp3) is 0.379. The minimum atomic E-state index is -1.14. The van der Waals surface area contributed by atoms with Crippen molar-refractivity contribution in [2.24, 2.45) is 0 Å². The standard InChI is InChI=1S/C29H34O12/c1-17(30)37-12-8-9-21-10-11-23(24(13-21)34-5)41-27(16-38-18(2)31)28(39-19(3)32)22-14-25(35-6)29(40-20(4)33)26(15-22)36-7/h8-11,13-15,27-28H,12,16H2,1-7H3/b9-8+. The minimum Gasteiger partial charge on any atom is -0.493 e. The Labute approximate surface area is 238 Å². The molecular weight excluding hydrogens is 540 g/mol. The minimum absolute atomic E-state index is 0.0318. The summed E-state index contributed by atoms with van der Waals surface area (Å²) >= 11 is 0. The lowest BCUT2D eigenvalue weighted by atomic mass is 10.0. The third kappa shape index (κ3) is 10.1. The van der Waals surface area contributed by atoms with Gasteiger partial charge >= 0.3 is 23.9 Å². The molecule has 41 heavy (non-hydrogen) atoms. The molecule has 0 aliphatic carbocycles. The molecule has 0 saturated carbocycles. The van der Waals surface area contributed by atoms with Crippen LogP contribution in [-0.2, 0) is 33.4 Å². The molecule has 2 atom stereocenters. The molecule has 0 bridgehead atoms. The van der Waals surface area contributed by atoms with Crippen molar-refractivity contribution in [1.82, 2.24) is 0 Å². The quantitative estimate of drug-likeness (QED) is 0.184. The van der Waals surface area contributed by atoms with E-state index in [0.717, 1.165) is 5.56 Å². The summed E-state index contributed by atoms with van der Waals surface area (Å²) in [6.45, 7) is 4.79. The van der Waals surface area contributed by atoms with Crippen LogP contribution in [0.15, 0.2) is 36.4 Å². The summed E-state index contributed by atoms with van der Waals surface area (Å²) < 4.78 is 43.6. The van der Waals surface area contributed by atoms with Crippen molar-refractivity contribution in [3.8, 4) is 28.7 Å². The summed E-state index contributed by atoms with van der Waals surface area (Å²) in [4.78, 5) is 46.5. The molecule has 0 heterocycles. The monoisotopic (exact) mass is 574 g/mol. The van der Waals surface area contributed by atoms with Gasteiger partial charge < -0.3 is 37.9 Å². The average molecular weight is 575 g/mol. The molecule has 2 rings (SSSR count). The van der Waals surface area contributed by atoms with Crippen LogP contribution in [0.3, 0.4) is 0 Å². The fourth-order valence-corrected chi connectivity index (χ4v) is 3.63. The number of hydrogen-bond donors (Lipinski definition) is 0. The Morgan fingerprint density at radius 2 is 1.34 bits per heavy atom. The molecule has 0 aliphatic rings. The van der Waals surface area contributed by atoms with Crippen molar-refractivity contribution in [2.45, 2.75) is 39.9 Å². The Bertz CT molecular complexity index is 1240. The van der Waals surface area contributed by atoms with Crippen molar-refractivity contribution in [3.05, 3.63) is 47.5 Å². The lowest BCUT2D eigenvalue weighted by Gasteiger charge is -2.29. The number of esters is 4. The van der Waals surface area contributed by atoms with E-state index in [1.807, 2.05) is 0 Å². The zero-order valence-electron chi connectivity index (χ0n) is 24.0. The molecule has 0 fully saturated rings. The van der Waals surface area contributed by atoms with Crippen LogP contribution in [0.5, 0.6) is 28.7 Å².